The molecule has 0 atom stereocenters. The van der Waals surface area contributed by atoms with Gasteiger partial charge in [-0.25, -0.2) is 0 Å². The molecule has 0 bridgehead atoms. The van der Waals surface area contributed by atoms with Crippen LogP contribution < -0.4 is 5.73 Å². The summed E-state index contributed by atoms with van der Waals surface area (Å²) in [7, 11) is 0. The van der Waals surface area contributed by atoms with Crippen molar-refractivity contribution in [3.63, 3.8) is 0 Å². The van der Waals surface area contributed by atoms with E-state index in [1.807, 2.05) is 13.0 Å². The lowest BCUT2D eigenvalue weighted by Crippen LogP contribution is -1.91. The summed E-state index contributed by atoms with van der Waals surface area (Å²) >= 11 is 0. The molecule has 0 saturated carbocycles. The van der Waals surface area contributed by atoms with E-state index in [0.717, 1.165) is 17.5 Å². The van der Waals surface area contributed by atoms with Crippen molar-refractivity contribution in [2.45, 2.75) is 13.3 Å². The molecular formula is C9H10N4O. The molecule has 14 heavy (non-hydrogen) atoms. The van der Waals surface area contributed by atoms with Crippen molar-refractivity contribution < 1.29 is 4.52 Å². The molecule has 5 nitrogen and oxygen atoms in total. The van der Waals surface area contributed by atoms with Crippen LogP contribution in [0.2, 0.25) is 0 Å². The molecule has 2 aromatic heterocycles. The quantitative estimate of drug-likeness (QED) is 0.771. The van der Waals surface area contributed by atoms with E-state index in [4.69, 9.17) is 10.3 Å². The van der Waals surface area contributed by atoms with Crippen molar-refractivity contribution in [1.29, 1.82) is 0 Å². The Morgan fingerprint density at radius 2 is 2.36 bits per heavy atom. The normalized spacial score (nSPS) is 10.4. The summed E-state index contributed by atoms with van der Waals surface area (Å²) in [4.78, 5) is 7.99. The molecule has 2 N–H and O–H groups in total. The first kappa shape index (κ1) is 8.68. The highest BCUT2D eigenvalue weighted by atomic mass is 16.5. The molecule has 0 amide bonds. The predicted molar refractivity (Wildman–Crippen MR) is 51.3 cm³/mol. The van der Waals surface area contributed by atoms with E-state index in [1.165, 1.54) is 0 Å². The molecular weight excluding hydrogens is 180 g/mol. The molecule has 0 saturated heterocycles. The molecule has 2 aromatic rings. The van der Waals surface area contributed by atoms with Gasteiger partial charge in [-0.05, 0) is 18.1 Å². The number of nitrogen functional groups attached to an aromatic ring is 1. The van der Waals surface area contributed by atoms with Crippen molar-refractivity contribution in [2.24, 2.45) is 0 Å². The number of rotatable bonds is 2. The Balaban J connectivity index is 2.50. The van der Waals surface area contributed by atoms with Gasteiger partial charge in [-0.1, -0.05) is 12.1 Å². The zero-order valence-electron chi connectivity index (χ0n) is 7.77. The maximum absolute atomic E-state index is 5.35. The fourth-order valence-electron chi connectivity index (χ4n) is 1.27. The van der Waals surface area contributed by atoms with Crippen LogP contribution in [0.15, 0.2) is 23.0 Å². The van der Waals surface area contributed by atoms with Crippen LogP contribution >= 0.6 is 0 Å². The summed E-state index contributed by atoms with van der Waals surface area (Å²) in [5.41, 5.74) is 7.35. The first-order chi connectivity index (χ1) is 6.81. The Labute approximate surface area is 81.0 Å². The lowest BCUT2D eigenvalue weighted by molar-refractivity contribution is 0.437. The zero-order chi connectivity index (χ0) is 9.97. The van der Waals surface area contributed by atoms with Crippen molar-refractivity contribution in [2.75, 3.05) is 5.73 Å². The standard InChI is InChI=1S/C9H10N4O/c1-2-6-5-11-4-3-7(6)8-12-9(10)14-13-8/h3-5H,2H2,1H3,(H2,10,12,13). The number of hydrogen-bond donors (Lipinski definition) is 1. The minimum atomic E-state index is 0.0823. The van der Waals surface area contributed by atoms with Crippen molar-refractivity contribution >= 4 is 6.01 Å². The first-order valence-electron chi connectivity index (χ1n) is 4.33. The summed E-state index contributed by atoms with van der Waals surface area (Å²) < 4.78 is 4.71. The molecule has 2 heterocycles. The van der Waals surface area contributed by atoms with Gasteiger partial charge in [0.25, 0.3) is 0 Å². The van der Waals surface area contributed by atoms with E-state index in [0.29, 0.717) is 5.82 Å². The summed E-state index contributed by atoms with van der Waals surface area (Å²) in [6, 6.07) is 1.93. The average Bonchev–Trinajstić information content (AvgIpc) is 2.65. The Kier molecular flexibility index (Phi) is 2.14. The van der Waals surface area contributed by atoms with E-state index in [1.54, 1.807) is 12.4 Å². The lowest BCUT2D eigenvalue weighted by Gasteiger charge is -2.00. The van der Waals surface area contributed by atoms with Gasteiger partial charge in [-0.2, -0.15) is 4.98 Å². The van der Waals surface area contributed by atoms with Gasteiger partial charge in [0.1, 0.15) is 0 Å². The van der Waals surface area contributed by atoms with Gasteiger partial charge in [0.2, 0.25) is 5.82 Å². The Morgan fingerprint density at radius 3 is 3.00 bits per heavy atom. The molecule has 5 heteroatoms. The maximum atomic E-state index is 5.35. The van der Waals surface area contributed by atoms with Crippen molar-refractivity contribution in [1.82, 2.24) is 15.1 Å². The van der Waals surface area contributed by atoms with Gasteiger partial charge in [0.15, 0.2) is 0 Å². The number of nitrogens with zero attached hydrogens (tertiary/aromatic N) is 3. The smallest absolute Gasteiger partial charge is 0.319 e. The SMILES string of the molecule is CCc1cnccc1-c1noc(N)n1. The molecule has 0 spiro atoms. The molecule has 72 valence electrons. The number of anilines is 1. The van der Waals surface area contributed by atoms with E-state index >= 15 is 0 Å². The zero-order valence-corrected chi connectivity index (χ0v) is 7.77. The number of aromatic nitrogens is 3. The largest absolute Gasteiger partial charge is 0.351 e. The van der Waals surface area contributed by atoms with E-state index in [-0.39, 0.29) is 6.01 Å². The third kappa shape index (κ3) is 1.44. The second-order valence-electron chi connectivity index (χ2n) is 2.84. The molecule has 0 aromatic carbocycles. The monoisotopic (exact) mass is 190 g/mol. The second-order valence-corrected chi connectivity index (χ2v) is 2.84. The highest BCUT2D eigenvalue weighted by Gasteiger charge is 2.09. The van der Waals surface area contributed by atoms with E-state index in [9.17, 15) is 0 Å². The number of hydrogen-bond acceptors (Lipinski definition) is 5. The molecule has 0 radical (unpaired) electrons. The molecule has 0 unspecified atom stereocenters. The van der Waals surface area contributed by atoms with E-state index < -0.39 is 0 Å². The second kappa shape index (κ2) is 3.45. The molecule has 0 fully saturated rings. The number of pyridine rings is 1. The highest BCUT2D eigenvalue weighted by Crippen LogP contribution is 2.20. The lowest BCUT2D eigenvalue weighted by atomic mass is 10.1. The van der Waals surface area contributed by atoms with Crippen LogP contribution in [-0.2, 0) is 6.42 Å². The maximum Gasteiger partial charge on any atom is 0.319 e. The van der Waals surface area contributed by atoms with Gasteiger partial charge in [-0.3, -0.25) is 4.98 Å². The van der Waals surface area contributed by atoms with Crippen LogP contribution in [0.5, 0.6) is 0 Å². The van der Waals surface area contributed by atoms with E-state index in [2.05, 4.69) is 15.1 Å². The van der Waals surface area contributed by atoms with Gasteiger partial charge < -0.3 is 10.3 Å². The summed E-state index contributed by atoms with van der Waals surface area (Å²) in [5, 5.41) is 3.76. The third-order valence-corrected chi connectivity index (χ3v) is 1.97. The summed E-state index contributed by atoms with van der Waals surface area (Å²) in [6.45, 7) is 2.05. The first-order valence-corrected chi connectivity index (χ1v) is 4.33. The summed E-state index contributed by atoms with van der Waals surface area (Å²) in [5.74, 6) is 0.516. The van der Waals surface area contributed by atoms with Crippen LogP contribution in [0.4, 0.5) is 6.01 Å². The van der Waals surface area contributed by atoms with Crippen LogP contribution in [0.3, 0.4) is 0 Å². The minimum absolute atomic E-state index is 0.0823. The van der Waals surface area contributed by atoms with Gasteiger partial charge in [0, 0.05) is 18.0 Å². The fraction of sp³-hybridized carbons (Fsp3) is 0.222. The minimum Gasteiger partial charge on any atom is -0.351 e. The van der Waals surface area contributed by atoms with Crippen LogP contribution in [0, 0.1) is 0 Å². The Morgan fingerprint density at radius 1 is 1.50 bits per heavy atom. The van der Waals surface area contributed by atoms with Crippen LogP contribution in [-0.4, -0.2) is 15.1 Å². The van der Waals surface area contributed by atoms with Gasteiger partial charge >= 0.3 is 6.01 Å². The van der Waals surface area contributed by atoms with Gasteiger partial charge in [0.05, 0.1) is 0 Å². The van der Waals surface area contributed by atoms with Crippen LogP contribution in [0.25, 0.3) is 11.4 Å². The van der Waals surface area contributed by atoms with Crippen molar-refractivity contribution in [3.05, 3.63) is 24.0 Å². The topological polar surface area (TPSA) is 77.8 Å². The average molecular weight is 190 g/mol. The molecule has 0 aliphatic carbocycles. The fourth-order valence-corrected chi connectivity index (χ4v) is 1.27. The third-order valence-electron chi connectivity index (χ3n) is 1.97. The van der Waals surface area contributed by atoms with Gasteiger partial charge in [-0.15, -0.1) is 0 Å². The Hall–Kier alpha value is -1.91. The van der Waals surface area contributed by atoms with Crippen LogP contribution in [0.1, 0.15) is 12.5 Å². The number of nitrogens with two attached hydrogens (primary N) is 1. The predicted octanol–water partition coefficient (Wildman–Crippen LogP) is 1.28. The molecule has 2 rings (SSSR count). The summed E-state index contributed by atoms with van der Waals surface area (Å²) in [6.07, 6.45) is 4.36. The molecule has 0 aliphatic rings. The molecule has 0 aliphatic heterocycles. The van der Waals surface area contributed by atoms with Crippen molar-refractivity contribution in [3.8, 4) is 11.4 Å². The highest BCUT2D eigenvalue weighted by molar-refractivity contribution is 5.59. The number of aryl methyl sites for hydroxylation is 1. The Bertz CT molecular complexity index is 438.